The second-order valence-corrected chi connectivity index (χ2v) is 5.12. The van der Waals surface area contributed by atoms with Crippen LogP contribution in [-0.2, 0) is 0 Å². The van der Waals surface area contributed by atoms with Crippen LogP contribution in [0.4, 0.5) is 0 Å². The van der Waals surface area contributed by atoms with Gasteiger partial charge in [0.25, 0.3) is 0 Å². The maximum Gasteiger partial charge on any atom is 0.0221 e. The minimum absolute atomic E-state index is 0. The van der Waals surface area contributed by atoms with E-state index >= 15 is 0 Å². The molecule has 0 amide bonds. The first-order chi connectivity index (χ1) is 7.24. The topological polar surface area (TPSA) is 38.0 Å². The summed E-state index contributed by atoms with van der Waals surface area (Å²) in [6.07, 6.45) is 10.5. The van der Waals surface area contributed by atoms with Crippen LogP contribution in [-0.4, -0.2) is 18.1 Å². The van der Waals surface area contributed by atoms with Crippen LogP contribution in [0, 0.1) is 0 Å². The second kappa shape index (κ2) is 11.6. The van der Waals surface area contributed by atoms with Crippen molar-refractivity contribution in [1.82, 2.24) is 5.32 Å². The fourth-order valence-electron chi connectivity index (χ4n) is 2.52. The van der Waals surface area contributed by atoms with Gasteiger partial charge < -0.3 is 11.1 Å². The minimum Gasteiger partial charge on any atom is -0.326 e. The zero-order valence-electron chi connectivity index (χ0n) is 11.3. The molecule has 1 unspecified atom stereocenters. The zero-order valence-corrected chi connectivity index (χ0v) is 12.9. The van der Waals surface area contributed by atoms with Gasteiger partial charge >= 0.3 is 0 Å². The van der Waals surface area contributed by atoms with E-state index in [1.165, 1.54) is 51.4 Å². The van der Waals surface area contributed by atoms with Crippen molar-refractivity contribution < 1.29 is 0 Å². The van der Waals surface area contributed by atoms with Crippen molar-refractivity contribution in [1.29, 1.82) is 0 Å². The molecule has 0 aromatic carbocycles. The molecule has 3 N–H and O–H groups in total. The number of hydrogen-bond acceptors (Lipinski definition) is 2. The van der Waals surface area contributed by atoms with E-state index in [1.807, 2.05) is 0 Å². The lowest BCUT2D eigenvalue weighted by molar-refractivity contribution is 0.297. The van der Waals surface area contributed by atoms with Crippen LogP contribution >= 0.6 is 24.8 Å². The van der Waals surface area contributed by atoms with E-state index in [4.69, 9.17) is 5.73 Å². The van der Waals surface area contributed by atoms with E-state index in [-0.39, 0.29) is 24.8 Å². The van der Waals surface area contributed by atoms with Crippen LogP contribution < -0.4 is 11.1 Å². The highest BCUT2D eigenvalue weighted by molar-refractivity contribution is 5.85. The van der Waals surface area contributed by atoms with Gasteiger partial charge in [-0.25, -0.2) is 0 Å². The van der Waals surface area contributed by atoms with E-state index in [9.17, 15) is 0 Å². The lowest BCUT2D eigenvalue weighted by Gasteiger charge is -2.32. The molecular weight excluding hydrogens is 255 g/mol. The molecule has 0 aromatic rings. The van der Waals surface area contributed by atoms with Gasteiger partial charge in [0.15, 0.2) is 0 Å². The Hall–Kier alpha value is 0.500. The molecule has 0 heterocycles. The van der Waals surface area contributed by atoms with Gasteiger partial charge in [0.05, 0.1) is 0 Å². The van der Waals surface area contributed by atoms with Gasteiger partial charge in [-0.3, -0.25) is 0 Å². The molecule has 1 saturated carbocycles. The third kappa shape index (κ3) is 8.25. The third-order valence-electron chi connectivity index (χ3n) is 3.56. The van der Waals surface area contributed by atoms with Crippen LogP contribution in [0.15, 0.2) is 0 Å². The van der Waals surface area contributed by atoms with Crippen molar-refractivity contribution >= 4 is 24.8 Å². The Labute approximate surface area is 119 Å². The van der Waals surface area contributed by atoms with Gasteiger partial charge in [0, 0.05) is 18.1 Å². The maximum absolute atomic E-state index is 6.12. The Bertz CT molecular complexity index is 167. The van der Waals surface area contributed by atoms with Crippen LogP contribution in [0.3, 0.4) is 0 Å². The molecular formula is C13H30Cl2N2. The van der Waals surface area contributed by atoms with Crippen LogP contribution in [0.2, 0.25) is 0 Å². The largest absolute Gasteiger partial charge is 0.326 e. The number of halogens is 2. The summed E-state index contributed by atoms with van der Waals surface area (Å²) in [4.78, 5) is 0. The molecule has 4 heteroatoms. The molecule has 0 saturated heterocycles. The summed E-state index contributed by atoms with van der Waals surface area (Å²) >= 11 is 0. The zero-order chi connectivity index (χ0) is 11.1. The Morgan fingerprint density at radius 2 is 1.82 bits per heavy atom. The van der Waals surface area contributed by atoms with Gasteiger partial charge in [-0.2, -0.15) is 0 Å². The number of hydrogen-bond donors (Lipinski definition) is 2. The highest BCUT2D eigenvalue weighted by Crippen LogP contribution is 2.18. The molecule has 1 aliphatic carbocycles. The van der Waals surface area contributed by atoms with Gasteiger partial charge in [0.2, 0.25) is 0 Å². The lowest BCUT2D eigenvalue weighted by Crippen LogP contribution is -2.50. The van der Waals surface area contributed by atoms with Crippen molar-refractivity contribution in [3.05, 3.63) is 0 Å². The summed E-state index contributed by atoms with van der Waals surface area (Å²) in [6.45, 7) is 4.56. The normalized spacial score (nSPS) is 25.6. The van der Waals surface area contributed by atoms with E-state index in [0.29, 0.717) is 18.1 Å². The first-order valence-corrected chi connectivity index (χ1v) is 6.75. The van der Waals surface area contributed by atoms with E-state index in [0.717, 1.165) is 0 Å². The first kappa shape index (κ1) is 19.8. The van der Waals surface area contributed by atoms with E-state index in [2.05, 4.69) is 19.2 Å². The predicted octanol–water partition coefficient (Wildman–Crippen LogP) is 3.66. The van der Waals surface area contributed by atoms with Gasteiger partial charge in [-0.15, -0.1) is 24.8 Å². The van der Waals surface area contributed by atoms with Gasteiger partial charge in [-0.1, -0.05) is 39.0 Å². The fraction of sp³-hybridized carbons (Fsp3) is 1.00. The Kier molecular flexibility index (Phi) is 13.5. The van der Waals surface area contributed by atoms with Crippen LogP contribution in [0.1, 0.15) is 65.2 Å². The SMILES string of the molecule is CCCCCC(C)N[C@@H]1CCCC[C@H]1N.Cl.Cl. The molecule has 1 aliphatic rings. The number of unbranched alkanes of at least 4 members (excludes halogenated alkanes) is 2. The van der Waals surface area contributed by atoms with E-state index < -0.39 is 0 Å². The minimum atomic E-state index is 0. The fourth-order valence-corrected chi connectivity index (χ4v) is 2.52. The van der Waals surface area contributed by atoms with Gasteiger partial charge in [0.1, 0.15) is 0 Å². The van der Waals surface area contributed by atoms with Crippen LogP contribution in [0.5, 0.6) is 0 Å². The molecule has 0 spiro atoms. The van der Waals surface area contributed by atoms with Crippen molar-refractivity contribution in [3.63, 3.8) is 0 Å². The Morgan fingerprint density at radius 1 is 1.18 bits per heavy atom. The molecule has 3 atom stereocenters. The predicted molar refractivity (Wildman–Crippen MR) is 81.5 cm³/mol. The van der Waals surface area contributed by atoms with Crippen molar-refractivity contribution in [2.45, 2.75) is 83.3 Å². The average Bonchev–Trinajstić information content (AvgIpc) is 2.22. The molecule has 2 nitrogen and oxygen atoms in total. The number of nitrogens with one attached hydrogen (secondary N) is 1. The summed E-state index contributed by atoms with van der Waals surface area (Å²) in [5.74, 6) is 0. The summed E-state index contributed by atoms with van der Waals surface area (Å²) in [5, 5.41) is 3.70. The highest BCUT2D eigenvalue weighted by atomic mass is 35.5. The van der Waals surface area contributed by atoms with Gasteiger partial charge in [-0.05, 0) is 26.2 Å². The summed E-state index contributed by atoms with van der Waals surface area (Å²) in [7, 11) is 0. The highest BCUT2D eigenvalue weighted by Gasteiger charge is 2.22. The Morgan fingerprint density at radius 3 is 2.41 bits per heavy atom. The van der Waals surface area contributed by atoms with Crippen molar-refractivity contribution in [2.75, 3.05) is 0 Å². The monoisotopic (exact) mass is 284 g/mol. The third-order valence-corrected chi connectivity index (χ3v) is 3.56. The molecule has 1 rings (SSSR count). The summed E-state index contributed by atoms with van der Waals surface area (Å²) < 4.78 is 0. The first-order valence-electron chi connectivity index (χ1n) is 6.75. The van der Waals surface area contributed by atoms with Crippen molar-refractivity contribution in [3.8, 4) is 0 Å². The number of rotatable bonds is 6. The Balaban J connectivity index is 0. The number of nitrogens with two attached hydrogens (primary N) is 1. The quantitative estimate of drug-likeness (QED) is 0.731. The van der Waals surface area contributed by atoms with Crippen molar-refractivity contribution in [2.24, 2.45) is 5.73 Å². The molecule has 0 radical (unpaired) electrons. The smallest absolute Gasteiger partial charge is 0.0221 e. The van der Waals surface area contributed by atoms with Crippen LogP contribution in [0.25, 0.3) is 0 Å². The molecule has 0 aliphatic heterocycles. The average molecular weight is 285 g/mol. The standard InChI is InChI=1S/C13H28N2.2ClH/c1-3-4-5-8-11(2)15-13-10-7-6-9-12(13)14;;/h11-13,15H,3-10,14H2,1-2H3;2*1H/t11?,12-,13-;;/m1../s1. The molecule has 0 bridgehead atoms. The molecule has 1 fully saturated rings. The molecule has 106 valence electrons. The lowest BCUT2D eigenvalue weighted by atomic mass is 9.90. The molecule has 0 aromatic heterocycles. The summed E-state index contributed by atoms with van der Waals surface area (Å²) in [6, 6.07) is 1.62. The summed E-state index contributed by atoms with van der Waals surface area (Å²) in [5.41, 5.74) is 6.12. The maximum atomic E-state index is 6.12. The molecule has 17 heavy (non-hydrogen) atoms. The second-order valence-electron chi connectivity index (χ2n) is 5.12. The van der Waals surface area contributed by atoms with E-state index in [1.54, 1.807) is 0 Å².